The van der Waals surface area contributed by atoms with E-state index in [2.05, 4.69) is 42.6 Å². The van der Waals surface area contributed by atoms with Crippen molar-refractivity contribution in [2.45, 2.75) is 46.5 Å². The summed E-state index contributed by atoms with van der Waals surface area (Å²) in [6.45, 7) is 10.3. The molecule has 2 rings (SSSR count). The molecule has 0 unspecified atom stereocenters. The number of rotatable bonds is 2. The van der Waals surface area contributed by atoms with Crippen LogP contribution in [0.5, 0.6) is 0 Å². The third-order valence-electron chi connectivity index (χ3n) is 2.87. The van der Waals surface area contributed by atoms with Crippen molar-refractivity contribution in [1.29, 1.82) is 0 Å². The van der Waals surface area contributed by atoms with Crippen molar-refractivity contribution in [3.63, 3.8) is 0 Å². The van der Waals surface area contributed by atoms with Crippen LogP contribution in [0.2, 0.25) is 0 Å². The van der Waals surface area contributed by atoms with Crippen molar-refractivity contribution in [2.24, 2.45) is 0 Å². The van der Waals surface area contributed by atoms with Gasteiger partial charge in [0.05, 0.1) is 11.4 Å². The molecule has 20 heavy (non-hydrogen) atoms. The molecule has 0 bridgehead atoms. The van der Waals surface area contributed by atoms with Gasteiger partial charge in [0.25, 0.3) is 0 Å². The van der Waals surface area contributed by atoms with Crippen LogP contribution in [0.15, 0.2) is 35.5 Å². The second kappa shape index (κ2) is 7.58. The molecule has 0 atom stereocenters. The number of aryl methyl sites for hydroxylation is 1. The van der Waals surface area contributed by atoms with Gasteiger partial charge in [0.15, 0.2) is 0 Å². The zero-order valence-electron chi connectivity index (χ0n) is 12.8. The van der Waals surface area contributed by atoms with Crippen LogP contribution >= 0.6 is 0 Å². The highest BCUT2D eigenvalue weighted by molar-refractivity contribution is 5.12. The van der Waals surface area contributed by atoms with Crippen molar-refractivity contribution in [2.75, 3.05) is 0 Å². The number of nitrogens with zero attached hydrogens (tertiary/aromatic N) is 2. The molecule has 2 aromatic heterocycles. The summed E-state index contributed by atoms with van der Waals surface area (Å²) in [5.74, 6) is 0.963. The Morgan fingerprint density at radius 1 is 1.00 bits per heavy atom. The van der Waals surface area contributed by atoms with Crippen LogP contribution in [-0.4, -0.2) is 15.0 Å². The molecule has 2 heterocycles. The minimum Gasteiger partial charge on any atom is -0.329 e. The van der Waals surface area contributed by atoms with E-state index in [-0.39, 0.29) is 5.56 Å². The summed E-state index contributed by atoms with van der Waals surface area (Å²) in [5.41, 5.74) is 3.17. The Kier molecular flexibility index (Phi) is 6.10. The number of pyridine rings is 1. The lowest BCUT2D eigenvalue weighted by atomic mass is 10.1. The van der Waals surface area contributed by atoms with Gasteiger partial charge in [0, 0.05) is 24.7 Å². The highest BCUT2D eigenvalue weighted by atomic mass is 16.1. The summed E-state index contributed by atoms with van der Waals surface area (Å²) in [6.07, 6.45) is 5.39. The van der Waals surface area contributed by atoms with Gasteiger partial charge in [-0.3, -0.25) is 14.8 Å². The molecule has 108 valence electrons. The van der Waals surface area contributed by atoms with Gasteiger partial charge in [-0.2, -0.15) is 0 Å². The van der Waals surface area contributed by atoms with Crippen LogP contribution in [0.1, 0.15) is 56.5 Å². The maximum Gasteiger partial charge on any atom is 0.247 e. The van der Waals surface area contributed by atoms with Crippen LogP contribution in [-0.2, 0) is 0 Å². The maximum atomic E-state index is 10.6. The molecule has 0 aliphatic rings. The van der Waals surface area contributed by atoms with Crippen LogP contribution in [0, 0.1) is 6.92 Å². The van der Waals surface area contributed by atoms with Gasteiger partial charge in [0.1, 0.15) is 0 Å². The number of hydrogen-bond donors (Lipinski definition) is 1. The summed E-state index contributed by atoms with van der Waals surface area (Å²) in [6, 6.07) is 3.40. The van der Waals surface area contributed by atoms with Gasteiger partial charge >= 0.3 is 0 Å². The molecule has 0 fully saturated rings. The van der Waals surface area contributed by atoms with E-state index in [1.165, 1.54) is 5.56 Å². The summed E-state index contributed by atoms with van der Waals surface area (Å²) >= 11 is 0. The molecular formula is C16H23N3O. The first-order chi connectivity index (χ1) is 9.40. The SMILES string of the molecule is CC(C)c1ccc(=O)[nH]c1.Cc1cnc(C(C)C)cn1. The highest BCUT2D eigenvalue weighted by Gasteiger charge is 1.98. The second-order valence-electron chi connectivity index (χ2n) is 5.38. The van der Waals surface area contributed by atoms with Crippen molar-refractivity contribution >= 4 is 0 Å². The molecule has 0 saturated carbocycles. The number of H-pyrrole nitrogens is 1. The van der Waals surface area contributed by atoms with Gasteiger partial charge in [-0.05, 0) is 24.3 Å². The first-order valence-electron chi connectivity index (χ1n) is 6.87. The predicted molar refractivity (Wildman–Crippen MR) is 82.0 cm³/mol. The monoisotopic (exact) mass is 273 g/mol. The lowest BCUT2D eigenvalue weighted by molar-refractivity contribution is 0.807. The molecule has 0 aliphatic carbocycles. The van der Waals surface area contributed by atoms with Crippen LogP contribution in [0.3, 0.4) is 0 Å². The van der Waals surface area contributed by atoms with Gasteiger partial charge in [-0.15, -0.1) is 0 Å². The Bertz CT molecular complexity index is 551. The molecule has 0 saturated heterocycles. The zero-order valence-corrected chi connectivity index (χ0v) is 12.8. The number of aromatic amines is 1. The average molecular weight is 273 g/mol. The molecule has 1 N–H and O–H groups in total. The van der Waals surface area contributed by atoms with E-state index in [9.17, 15) is 4.79 Å². The van der Waals surface area contributed by atoms with Gasteiger partial charge < -0.3 is 4.98 Å². The summed E-state index contributed by atoms with van der Waals surface area (Å²) in [7, 11) is 0. The lowest BCUT2D eigenvalue weighted by Crippen LogP contribution is -2.03. The molecule has 0 spiro atoms. The summed E-state index contributed by atoms with van der Waals surface area (Å²) < 4.78 is 0. The Balaban J connectivity index is 0.000000200. The van der Waals surface area contributed by atoms with Gasteiger partial charge in [0.2, 0.25) is 5.56 Å². The largest absolute Gasteiger partial charge is 0.329 e. The fourth-order valence-electron chi connectivity index (χ4n) is 1.48. The molecule has 0 radical (unpaired) electrons. The molecule has 4 heteroatoms. The third kappa shape index (κ3) is 5.34. The topological polar surface area (TPSA) is 58.6 Å². The van der Waals surface area contributed by atoms with Crippen LogP contribution in [0.25, 0.3) is 0 Å². The molecule has 4 nitrogen and oxygen atoms in total. The molecule has 0 amide bonds. The number of aromatic nitrogens is 3. The van der Waals surface area contributed by atoms with E-state index in [0.717, 1.165) is 11.4 Å². The minimum absolute atomic E-state index is 0.0376. The molecule has 0 aliphatic heterocycles. The highest BCUT2D eigenvalue weighted by Crippen LogP contribution is 2.09. The van der Waals surface area contributed by atoms with Crippen molar-refractivity contribution in [3.05, 3.63) is 58.0 Å². The predicted octanol–water partition coefficient (Wildman–Crippen LogP) is 3.41. The molecular weight excluding hydrogens is 250 g/mol. The van der Waals surface area contributed by atoms with Crippen molar-refractivity contribution < 1.29 is 0 Å². The van der Waals surface area contributed by atoms with E-state index < -0.39 is 0 Å². The Morgan fingerprint density at radius 3 is 2.10 bits per heavy atom. The standard InChI is InChI=1S/C8H12N2.C8H11NO/c1-6(2)8-5-9-7(3)4-10-8;1-6(2)7-3-4-8(10)9-5-7/h4-6H,1-3H3;3-6H,1-2H3,(H,9,10). The summed E-state index contributed by atoms with van der Waals surface area (Å²) in [4.78, 5) is 21.6. The lowest BCUT2D eigenvalue weighted by Gasteiger charge is -2.01. The zero-order chi connectivity index (χ0) is 15.1. The second-order valence-corrected chi connectivity index (χ2v) is 5.38. The fraction of sp³-hybridized carbons (Fsp3) is 0.438. The Labute approximate surface area is 120 Å². The third-order valence-corrected chi connectivity index (χ3v) is 2.87. The van der Waals surface area contributed by atoms with Gasteiger partial charge in [-0.25, -0.2) is 0 Å². The molecule has 0 aromatic carbocycles. The van der Waals surface area contributed by atoms with E-state index in [1.54, 1.807) is 18.5 Å². The maximum absolute atomic E-state index is 10.6. The fourth-order valence-corrected chi connectivity index (χ4v) is 1.48. The summed E-state index contributed by atoms with van der Waals surface area (Å²) in [5, 5.41) is 0. The average Bonchev–Trinajstić information content (AvgIpc) is 2.40. The first kappa shape index (κ1) is 16.1. The van der Waals surface area contributed by atoms with Crippen molar-refractivity contribution in [1.82, 2.24) is 15.0 Å². The Morgan fingerprint density at radius 2 is 1.70 bits per heavy atom. The Hall–Kier alpha value is -1.97. The van der Waals surface area contributed by atoms with E-state index >= 15 is 0 Å². The van der Waals surface area contributed by atoms with E-state index in [0.29, 0.717) is 11.8 Å². The minimum atomic E-state index is -0.0376. The first-order valence-corrected chi connectivity index (χ1v) is 6.87. The normalized spacial score (nSPS) is 10.3. The number of nitrogens with one attached hydrogen (secondary N) is 1. The van der Waals surface area contributed by atoms with Gasteiger partial charge in [-0.1, -0.05) is 33.8 Å². The van der Waals surface area contributed by atoms with Crippen LogP contribution in [0.4, 0.5) is 0 Å². The quantitative estimate of drug-likeness (QED) is 0.912. The van der Waals surface area contributed by atoms with Crippen LogP contribution < -0.4 is 5.56 Å². The molecule has 2 aromatic rings. The number of hydrogen-bond acceptors (Lipinski definition) is 3. The van der Waals surface area contributed by atoms with E-state index in [4.69, 9.17) is 0 Å². The smallest absolute Gasteiger partial charge is 0.247 e. The van der Waals surface area contributed by atoms with E-state index in [1.807, 2.05) is 19.2 Å². The van der Waals surface area contributed by atoms with Crippen molar-refractivity contribution in [3.8, 4) is 0 Å².